The average molecular weight is 342 g/mol. The summed E-state index contributed by atoms with van der Waals surface area (Å²) < 4.78 is 1.46. The van der Waals surface area contributed by atoms with Crippen LogP contribution in [-0.2, 0) is 11.8 Å². The Balaban J connectivity index is 1.76. The zero-order valence-corrected chi connectivity index (χ0v) is 14.5. The third-order valence-corrected chi connectivity index (χ3v) is 4.73. The van der Waals surface area contributed by atoms with Gasteiger partial charge >= 0.3 is 0 Å². The van der Waals surface area contributed by atoms with Crippen molar-refractivity contribution in [3.63, 3.8) is 0 Å². The minimum Gasteiger partial charge on any atom is -0.353 e. The van der Waals surface area contributed by atoms with Crippen LogP contribution in [0.1, 0.15) is 11.3 Å². The predicted molar refractivity (Wildman–Crippen MR) is 96.6 cm³/mol. The van der Waals surface area contributed by atoms with E-state index in [4.69, 9.17) is 0 Å². The Bertz CT molecular complexity index is 974. The van der Waals surface area contributed by atoms with Gasteiger partial charge in [-0.1, -0.05) is 30.0 Å². The number of nitrogens with one attached hydrogen (secondary N) is 2. The molecule has 7 heteroatoms. The Kier molecular flexibility index (Phi) is 4.44. The molecule has 0 saturated heterocycles. The van der Waals surface area contributed by atoms with Gasteiger partial charge in [-0.25, -0.2) is 4.98 Å². The van der Waals surface area contributed by atoms with Gasteiger partial charge in [0.1, 0.15) is 5.52 Å². The number of carbonyl (C=O) groups is 1. The number of hydrogen-bond donors (Lipinski definition) is 2. The molecule has 24 heavy (non-hydrogen) atoms. The largest absolute Gasteiger partial charge is 0.353 e. The lowest BCUT2D eigenvalue weighted by Gasteiger charge is -2.09. The number of thioether (sulfide) groups is 1. The van der Waals surface area contributed by atoms with Crippen molar-refractivity contribution in [1.82, 2.24) is 14.5 Å². The minimum atomic E-state index is -0.144. The van der Waals surface area contributed by atoms with E-state index in [2.05, 4.69) is 15.3 Å². The number of nitrogens with zero attached hydrogens (tertiary/aromatic N) is 2. The smallest absolute Gasteiger partial charge is 0.278 e. The first-order valence-corrected chi connectivity index (χ1v) is 8.49. The molecule has 0 unspecified atom stereocenters. The van der Waals surface area contributed by atoms with E-state index in [1.807, 2.05) is 44.2 Å². The lowest BCUT2D eigenvalue weighted by Crippen LogP contribution is -2.21. The van der Waals surface area contributed by atoms with Gasteiger partial charge in [0.15, 0.2) is 5.16 Å². The average Bonchev–Trinajstić information content (AvgIpc) is 2.92. The van der Waals surface area contributed by atoms with Crippen LogP contribution in [0, 0.1) is 13.8 Å². The highest BCUT2D eigenvalue weighted by atomic mass is 32.2. The van der Waals surface area contributed by atoms with Gasteiger partial charge in [-0.2, -0.15) is 0 Å². The molecule has 1 amide bonds. The van der Waals surface area contributed by atoms with Crippen molar-refractivity contribution in [3.05, 3.63) is 51.9 Å². The number of aromatic amines is 1. The van der Waals surface area contributed by atoms with Gasteiger partial charge in [-0.05, 0) is 31.5 Å². The monoisotopic (exact) mass is 342 g/mol. The Morgan fingerprint density at radius 3 is 2.83 bits per heavy atom. The Labute approximate surface area is 143 Å². The number of carbonyl (C=O) groups excluding carboxylic acids is 1. The van der Waals surface area contributed by atoms with Crippen molar-refractivity contribution in [2.24, 2.45) is 7.05 Å². The second-order valence-electron chi connectivity index (χ2n) is 5.62. The van der Waals surface area contributed by atoms with Crippen molar-refractivity contribution in [2.45, 2.75) is 19.0 Å². The molecule has 0 bridgehead atoms. The van der Waals surface area contributed by atoms with Crippen molar-refractivity contribution < 1.29 is 4.79 Å². The predicted octanol–water partition coefficient (Wildman–Crippen LogP) is 2.61. The molecular formula is C17H18N4O2S. The molecule has 1 aromatic carbocycles. The van der Waals surface area contributed by atoms with E-state index < -0.39 is 0 Å². The van der Waals surface area contributed by atoms with Crippen LogP contribution in [0.3, 0.4) is 0 Å². The SMILES string of the molecule is Cc1cc2nc(SCC(=O)Nc3ccccc3C)n(C)c(=O)c2[nH]1. The quantitative estimate of drug-likeness (QED) is 0.564. The third kappa shape index (κ3) is 3.21. The highest BCUT2D eigenvalue weighted by molar-refractivity contribution is 7.99. The zero-order chi connectivity index (χ0) is 17.3. The first-order chi connectivity index (χ1) is 11.5. The van der Waals surface area contributed by atoms with Gasteiger partial charge in [0, 0.05) is 18.4 Å². The van der Waals surface area contributed by atoms with Crippen LogP contribution < -0.4 is 10.9 Å². The van der Waals surface area contributed by atoms with Gasteiger partial charge in [0.2, 0.25) is 5.91 Å². The number of rotatable bonds is 4. The fourth-order valence-corrected chi connectivity index (χ4v) is 3.19. The molecule has 6 nitrogen and oxygen atoms in total. The van der Waals surface area contributed by atoms with E-state index in [0.717, 1.165) is 16.9 Å². The number of anilines is 1. The maximum atomic E-state index is 12.3. The molecule has 0 radical (unpaired) electrons. The lowest BCUT2D eigenvalue weighted by molar-refractivity contribution is -0.113. The normalized spacial score (nSPS) is 11.0. The van der Waals surface area contributed by atoms with Crippen LogP contribution in [0.15, 0.2) is 40.3 Å². The molecule has 3 rings (SSSR count). The summed E-state index contributed by atoms with van der Waals surface area (Å²) in [7, 11) is 1.66. The molecular weight excluding hydrogens is 324 g/mol. The summed E-state index contributed by atoms with van der Waals surface area (Å²) in [6, 6.07) is 9.43. The fraction of sp³-hybridized carbons (Fsp3) is 0.235. The second-order valence-corrected chi connectivity index (χ2v) is 6.57. The van der Waals surface area contributed by atoms with E-state index in [1.54, 1.807) is 7.05 Å². The molecule has 0 aliphatic carbocycles. The number of para-hydroxylation sites is 1. The fourth-order valence-electron chi connectivity index (χ4n) is 2.42. The molecule has 124 valence electrons. The van der Waals surface area contributed by atoms with E-state index in [9.17, 15) is 9.59 Å². The first kappa shape index (κ1) is 16.3. The zero-order valence-electron chi connectivity index (χ0n) is 13.7. The number of amides is 1. The molecule has 0 aliphatic rings. The highest BCUT2D eigenvalue weighted by Gasteiger charge is 2.13. The van der Waals surface area contributed by atoms with Crippen molar-refractivity contribution in [2.75, 3.05) is 11.1 Å². The third-order valence-electron chi connectivity index (χ3n) is 3.70. The molecule has 0 atom stereocenters. The number of aromatic nitrogens is 3. The summed E-state index contributed by atoms with van der Waals surface area (Å²) in [6.45, 7) is 3.82. The van der Waals surface area contributed by atoms with Crippen molar-refractivity contribution in [3.8, 4) is 0 Å². The number of hydrogen-bond acceptors (Lipinski definition) is 4. The molecule has 0 spiro atoms. The number of H-pyrrole nitrogens is 1. The maximum absolute atomic E-state index is 12.3. The highest BCUT2D eigenvalue weighted by Crippen LogP contribution is 2.19. The molecule has 0 aliphatic heterocycles. The maximum Gasteiger partial charge on any atom is 0.278 e. The molecule has 2 N–H and O–H groups in total. The van der Waals surface area contributed by atoms with E-state index in [-0.39, 0.29) is 17.2 Å². The molecule has 2 heterocycles. The summed E-state index contributed by atoms with van der Waals surface area (Å²) in [6.07, 6.45) is 0. The summed E-state index contributed by atoms with van der Waals surface area (Å²) in [5, 5.41) is 3.39. The first-order valence-electron chi connectivity index (χ1n) is 7.50. The number of aryl methyl sites for hydroxylation is 2. The van der Waals surface area contributed by atoms with E-state index >= 15 is 0 Å². The Morgan fingerprint density at radius 2 is 2.08 bits per heavy atom. The van der Waals surface area contributed by atoms with Crippen molar-refractivity contribution in [1.29, 1.82) is 0 Å². The van der Waals surface area contributed by atoms with Crippen LogP contribution in [0.5, 0.6) is 0 Å². The summed E-state index contributed by atoms with van der Waals surface area (Å²) in [4.78, 5) is 32.0. The molecule has 0 saturated carbocycles. The molecule has 2 aromatic heterocycles. The van der Waals surface area contributed by atoms with Crippen LogP contribution >= 0.6 is 11.8 Å². The topological polar surface area (TPSA) is 79.8 Å². The molecule has 0 fully saturated rings. The lowest BCUT2D eigenvalue weighted by atomic mass is 10.2. The van der Waals surface area contributed by atoms with Gasteiger partial charge < -0.3 is 10.3 Å². The van der Waals surface area contributed by atoms with Crippen LogP contribution in [0.25, 0.3) is 11.0 Å². The van der Waals surface area contributed by atoms with Gasteiger partial charge in [-0.15, -0.1) is 0 Å². The number of fused-ring (bicyclic) bond motifs is 1. The van der Waals surface area contributed by atoms with Crippen LogP contribution in [-0.4, -0.2) is 26.2 Å². The van der Waals surface area contributed by atoms with Crippen LogP contribution in [0.4, 0.5) is 5.69 Å². The summed E-state index contributed by atoms with van der Waals surface area (Å²) in [5.41, 5.74) is 3.65. The Morgan fingerprint density at radius 1 is 1.33 bits per heavy atom. The number of benzene rings is 1. The Hall–Kier alpha value is -2.54. The van der Waals surface area contributed by atoms with Crippen LogP contribution in [0.2, 0.25) is 0 Å². The summed E-state index contributed by atoms with van der Waals surface area (Å²) >= 11 is 1.24. The molecule has 3 aromatic rings. The van der Waals surface area contributed by atoms with Gasteiger partial charge in [0.05, 0.1) is 11.3 Å². The second kappa shape index (κ2) is 6.52. The van der Waals surface area contributed by atoms with E-state index in [0.29, 0.717) is 16.2 Å². The van der Waals surface area contributed by atoms with Crippen molar-refractivity contribution >= 4 is 34.4 Å². The summed E-state index contributed by atoms with van der Waals surface area (Å²) in [5.74, 6) is 0.0534. The standard InChI is InChI=1S/C17H18N4O2S/c1-10-6-4-5-7-12(10)19-14(22)9-24-17-20-13-8-11(2)18-15(13)16(23)21(17)3/h4-8,18H,9H2,1-3H3,(H,19,22). The van der Waals surface area contributed by atoms with Gasteiger partial charge in [-0.3, -0.25) is 14.2 Å². The van der Waals surface area contributed by atoms with E-state index in [1.165, 1.54) is 16.3 Å². The van der Waals surface area contributed by atoms with Gasteiger partial charge in [0.25, 0.3) is 5.56 Å². The minimum absolute atomic E-state index is 0.131.